The smallest absolute Gasteiger partial charge is 0.263 e. The summed E-state index contributed by atoms with van der Waals surface area (Å²) in [6, 6.07) is 17.6. The van der Waals surface area contributed by atoms with Crippen molar-refractivity contribution in [2.45, 2.75) is 25.5 Å². The Morgan fingerprint density at radius 2 is 1.73 bits per heavy atom. The first-order valence-electron chi connectivity index (χ1n) is 8.68. The van der Waals surface area contributed by atoms with Crippen molar-refractivity contribution in [3.8, 4) is 0 Å². The fourth-order valence-corrected chi connectivity index (χ4v) is 3.87. The summed E-state index contributed by atoms with van der Waals surface area (Å²) < 4.78 is 3.72. The van der Waals surface area contributed by atoms with Crippen LogP contribution in [0.25, 0.3) is 16.7 Å². The number of fused-ring (bicyclic) bond motifs is 3. The lowest BCUT2D eigenvalue weighted by Crippen LogP contribution is -2.24. The van der Waals surface area contributed by atoms with E-state index in [1.807, 2.05) is 59.0 Å². The molecule has 4 rings (SSSR count). The predicted molar refractivity (Wildman–Crippen MR) is 106 cm³/mol. The number of hydrogen-bond donors (Lipinski definition) is 0. The maximum absolute atomic E-state index is 13.1. The molecule has 5 nitrogen and oxygen atoms in total. The molecule has 132 valence electrons. The Morgan fingerprint density at radius 1 is 1.00 bits per heavy atom. The van der Waals surface area contributed by atoms with Gasteiger partial charge in [0.2, 0.25) is 5.78 Å². The van der Waals surface area contributed by atoms with E-state index in [0.29, 0.717) is 23.6 Å². The molecule has 0 aliphatic rings. The van der Waals surface area contributed by atoms with E-state index in [4.69, 9.17) is 0 Å². The summed E-state index contributed by atoms with van der Waals surface area (Å²) in [6.45, 7) is 4.83. The van der Waals surface area contributed by atoms with Crippen molar-refractivity contribution in [2.24, 2.45) is 5.92 Å². The highest BCUT2D eigenvalue weighted by Crippen LogP contribution is 2.23. The Bertz CT molecular complexity index is 1120. The molecule has 0 radical (unpaired) electrons. The fourth-order valence-electron chi connectivity index (χ4n) is 2.98. The molecule has 0 unspecified atom stereocenters. The summed E-state index contributed by atoms with van der Waals surface area (Å²) in [5.74, 6) is 2.09. The lowest BCUT2D eigenvalue weighted by Gasteiger charge is -2.11. The second-order valence-corrected chi connectivity index (χ2v) is 7.70. The van der Waals surface area contributed by atoms with E-state index in [0.717, 1.165) is 22.0 Å². The first-order chi connectivity index (χ1) is 12.6. The molecule has 0 atom stereocenters. The number of rotatable bonds is 5. The van der Waals surface area contributed by atoms with E-state index in [1.165, 1.54) is 0 Å². The normalized spacial score (nSPS) is 11.7. The predicted octanol–water partition coefficient (Wildman–Crippen LogP) is 3.84. The standard InChI is InChI=1S/C20H20N4OS/c1-14(2)13-26-20-22-21-19-23(12-15-8-4-3-5-9-15)18(25)16-10-6-7-11-17(16)24(19)20/h3-11,14H,12-13H2,1-2H3. The van der Waals surface area contributed by atoms with Crippen molar-refractivity contribution in [1.82, 2.24) is 19.2 Å². The van der Waals surface area contributed by atoms with Crippen molar-refractivity contribution in [2.75, 3.05) is 5.75 Å². The third kappa shape index (κ3) is 3.01. The zero-order chi connectivity index (χ0) is 18.1. The molecule has 4 aromatic rings. The van der Waals surface area contributed by atoms with Crippen LogP contribution in [-0.2, 0) is 6.54 Å². The Balaban J connectivity index is 1.95. The highest BCUT2D eigenvalue weighted by molar-refractivity contribution is 7.99. The molecular formula is C20H20N4OS. The Hall–Kier alpha value is -2.60. The minimum absolute atomic E-state index is 0.0373. The van der Waals surface area contributed by atoms with E-state index in [9.17, 15) is 4.79 Å². The van der Waals surface area contributed by atoms with Crippen LogP contribution in [0.15, 0.2) is 64.5 Å². The van der Waals surface area contributed by atoms with Crippen LogP contribution in [0.3, 0.4) is 0 Å². The molecule has 0 amide bonds. The van der Waals surface area contributed by atoms with Gasteiger partial charge >= 0.3 is 0 Å². The molecule has 0 aliphatic heterocycles. The molecule has 2 aromatic carbocycles. The molecule has 0 spiro atoms. The lowest BCUT2D eigenvalue weighted by atomic mass is 10.2. The van der Waals surface area contributed by atoms with E-state index < -0.39 is 0 Å². The van der Waals surface area contributed by atoms with Gasteiger partial charge in [-0.05, 0) is 23.6 Å². The number of benzene rings is 2. The highest BCUT2D eigenvalue weighted by Gasteiger charge is 2.17. The van der Waals surface area contributed by atoms with E-state index >= 15 is 0 Å². The summed E-state index contributed by atoms with van der Waals surface area (Å²) in [6.07, 6.45) is 0. The minimum Gasteiger partial charge on any atom is -0.272 e. The van der Waals surface area contributed by atoms with E-state index in [2.05, 4.69) is 24.0 Å². The van der Waals surface area contributed by atoms with Gasteiger partial charge in [0.1, 0.15) is 0 Å². The Morgan fingerprint density at radius 3 is 2.50 bits per heavy atom. The summed E-state index contributed by atoms with van der Waals surface area (Å²) in [4.78, 5) is 13.1. The molecular weight excluding hydrogens is 344 g/mol. The molecule has 0 bridgehead atoms. The lowest BCUT2D eigenvalue weighted by molar-refractivity contribution is 0.746. The van der Waals surface area contributed by atoms with Crippen molar-refractivity contribution < 1.29 is 0 Å². The van der Waals surface area contributed by atoms with Crippen LogP contribution in [-0.4, -0.2) is 24.9 Å². The zero-order valence-corrected chi connectivity index (χ0v) is 15.6. The highest BCUT2D eigenvalue weighted by atomic mass is 32.2. The summed E-state index contributed by atoms with van der Waals surface area (Å²) in [7, 11) is 0. The molecule has 6 heteroatoms. The molecule has 0 aliphatic carbocycles. The van der Waals surface area contributed by atoms with Crippen LogP contribution in [0.1, 0.15) is 19.4 Å². The summed E-state index contributed by atoms with van der Waals surface area (Å²) in [5.41, 5.74) is 1.88. The number of nitrogens with zero attached hydrogens (tertiary/aromatic N) is 4. The molecule has 2 heterocycles. The quantitative estimate of drug-likeness (QED) is 0.505. The van der Waals surface area contributed by atoms with Crippen LogP contribution in [0.2, 0.25) is 0 Å². The van der Waals surface area contributed by atoms with Gasteiger partial charge in [-0.1, -0.05) is 68.1 Å². The van der Waals surface area contributed by atoms with E-state index in [1.54, 1.807) is 16.3 Å². The van der Waals surface area contributed by atoms with Crippen molar-refractivity contribution in [3.05, 3.63) is 70.5 Å². The van der Waals surface area contributed by atoms with Gasteiger partial charge in [0, 0.05) is 5.75 Å². The zero-order valence-electron chi connectivity index (χ0n) is 14.8. The van der Waals surface area contributed by atoms with Crippen LogP contribution in [0.4, 0.5) is 0 Å². The van der Waals surface area contributed by atoms with Crippen LogP contribution < -0.4 is 5.56 Å². The summed E-state index contributed by atoms with van der Waals surface area (Å²) in [5, 5.41) is 10.2. The number of aromatic nitrogens is 4. The number of thioether (sulfide) groups is 1. The second-order valence-electron chi connectivity index (χ2n) is 6.72. The average molecular weight is 364 g/mol. The molecule has 0 fully saturated rings. The van der Waals surface area contributed by atoms with Crippen molar-refractivity contribution in [1.29, 1.82) is 0 Å². The van der Waals surface area contributed by atoms with Gasteiger partial charge in [-0.25, -0.2) is 0 Å². The molecule has 0 N–H and O–H groups in total. The Kier molecular flexibility index (Phi) is 4.51. The van der Waals surface area contributed by atoms with Gasteiger partial charge in [0.05, 0.1) is 17.4 Å². The monoisotopic (exact) mass is 364 g/mol. The first-order valence-corrected chi connectivity index (χ1v) is 9.67. The molecule has 0 saturated carbocycles. The third-order valence-electron chi connectivity index (χ3n) is 4.21. The number of para-hydroxylation sites is 1. The minimum atomic E-state index is -0.0373. The van der Waals surface area contributed by atoms with Gasteiger partial charge in [0.15, 0.2) is 5.16 Å². The second kappa shape index (κ2) is 6.96. The van der Waals surface area contributed by atoms with E-state index in [-0.39, 0.29) is 5.56 Å². The molecule has 26 heavy (non-hydrogen) atoms. The van der Waals surface area contributed by atoms with Crippen molar-refractivity contribution in [3.63, 3.8) is 0 Å². The van der Waals surface area contributed by atoms with Gasteiger partial charge in [-0.15, -0.1) is 10.2 Å². The van der Waals surface area contributed by atoms with Gasteiger partial charge in [0.25, 0.3) is 5.56 Å². The number of hydrogen-bond acceptors (Lipinski definition) is 4. The van der Waals surface area contributed by atoms with Gasteiger partial charge in [-0.3, -0.25) is 13.8 Å². The maximum atomic E-state index is 13.1. The topological polar surface area (TPSA) is 52.2 Å². The fraction of sp³-hybridized carbons (Fsp3) is 0.250. The summed E-state index contributed by atoms with van der Waals surface area (Å²) >= 11 is 1.67. The Labute approximate surface area is 155 Å². The van der Waals surface area contributed by atoms with Crippen molar-refractivity contribution >= 4 is 28.4 Å². The maximum Gasteiger partial charge on any atom is 0.263 e. The van der Waals surface area contributed by atoms with Gasteiger partial charge in [-0.2, -0.15) is 0 Å². The first kappa shape index (κ1) is 16.8. The van der Waals surface area contributed by atoms with Gasteiger partial charge < -0.3 is 0 Å². The third-order valence-corrected chi connectivity index (χ3v) is 5.56. The van der Waals surface area contributed by atoms with Crippen LogP contribution in [0, 0.1) is 5.92 Å². The average Bonchev–Trinajstić information content (AvgIpc) is 3.08. The molecule has 2 aromatic heterocycles. The van der Waals surface area contributed by atoms with Crippen LogP contribution >= 0.6 is 11.8 Å². The SMILES string of the molecule is CC(C)CSc1nnc2n(Cc3ccccc3)c(=O)c3ccccc3n12. The van der Waals surface area contributed by atoms with Crippen LogP contribution in [0.5, 0.6) is 0 Å². The molecule has 0 saturated heterocycles. The largest absolute Gasteiger partial charge is 0.272 e.